The number of esters is 1. The fourth-order valence-corrected chi connectivity index (χ4v) is 3.65. The number of carbonyl (C=O) groups excluding carboxylic acids is 1. The third kappa shape index (κ3) is 2.94. The number of aromatic nitrogens is 1. The van der Waals surface area contributed by atoms with Crippen molar-refractivity contribution in [2.45, 2.75) is 36.4 Å². The molecule has 0 bridgehead atoms. The summed E-state index contributed by atoms with van der Waals surface area (Å²) in [4.78, 5) is 17.9. The number of pyridine rings is 1. The van der Waals surface area contributed by atoms with Crippen LogP contribution in [0, 0.1) is 5.92 Å². The lowest BCUT2D eigenvalue weighted by Gasteiger charge is -2.32. The zero-order valence-corrected chi connectivity index (χ0v) is 14.8. The first kappa shape index (κ1) is 17.0. The van der Waals surface area contributed by atoms with Gasteiger partial charge in [0.05, 0.1) is 11.6 Å². The Morgan fingerprint density at radius 3 is 2.46 bits per heavy atom. The maximum Gasteiger partial charge on any atom is 0.313 e. The normalized spacial score (nSPS) is 22.0. The van der Waals surface area contributed by atoms with E-state index in [0.717, 1.165) is 4.90 Å². The van der Waals surface area contributed by atoms with Crippen LogP contribution in [0.4, 0.5) is 0 Å². The van der Waals surface area contributed by atoms with Gasteiger partial charge < -0.3 is 9.84 Å². The van der Waals surface area contributed by atoms with Crippen molar-refractivity contribution in [2.24, 2.45) is 5.92 Å². The van der Waals surface area contributed by atoms with Crippen LogP contribution in [-0.2, 0) is 15.1 Å². The predicted octanol–water partition coefficient (Wildman–Crippen LogP) is 3.38. The van der Waals surface area contributed by atoms with E-state index in [4.69, 9.17) is 4.74 Å². The van der Waals surface area contributed by atoms with Crippen molar-refractivity contribution in [3.63, 3.8) is 0 Å². The Hall–Kier alpha value is -1.85. The second-order valence-corrected chi connectivity index (χ2v) is 7.53. The zero-order valence-electron chi connectivity index (χ0n) is 14.0. The van der Waals surface area contributed by atoms with E-state index < -0.39 is 17.1 Å². The van der Waals surface area contributed by atoms with E-state index in [2.05, 4.69) is 4.98 Å². The van der Waals surface area contributed by atoms with Crippen molar-refractivity contribution >= 4 is 17.7 Å². The third-order valence-electron chi connectivity index (χ3n) is 4.45. The second-order valence-electron chi connectivity index (χ2n) is 6.65. The molecule has 0 saturated carbocycles. The molecule has 0 aliphatic carbocycles. The molecule has 3 rings (SSSR count). The number of benzene rings is 1. The van der Waals surface area contributed by atoms with Gasteiger partial charge in [-0.3, -0.25) is 9.78 Å². The highest BCUT2D eigenvalue weighted by Gasteiger charge is 2.53. The van der Waals surface area contributed by atoms with Gasteiger partial charge >= 0.3 is 5.97 Å². The highest BCUT2D eigenvalue weighted by atomic mass is 32.2. The van der Waals surface area contributed by atoms with Crippen LogP contribution >= 0.6 is 11.8 Å². The number of hydrogen-bond acceptors (Lipinski definition) is 5. The van der Waals surface area contributed by atoms with Crippen molar-refractivity contribution in [2.75, 3.05) is 6.26 Å². The number of thioether (sulfide) groups is 1. The third-order valence-corrected chi connectivity index (χ3v) is 5.19. The standard InChI is InChI=1S/C19H21NO3S/c1-18(2)12-15(17(21)23-18)19(22,16-6-4-5-11-20-16)13-7-9-14(24-3)10-8-13/h4-11,15,22H,12H2,1-3H3. The molecule has 1 aliphatic heterocycles. The van der Waals surface area contributed by atoms with Crippen molar-refractivity contribution in [1.82, 2.24) is 4.98 Å². The van der Waals surface area contributed by atoms with Crippen LogP contribution in [0.3, 0.4) is 0 Å². The van der Waals surface area contributed by atoms with Gasteiger partial charge in [0.2, 0.25) is 0 Å². The minimum absolute atomic E-state index is 0.387. The van der Waals surface area contributed by atoms with Gasteiger partial charge in [0.15, 0.2) is 0 Å². The van der Waals surface area contributed by atoms with E-state index >= 15 is 0 Å². The lowest BCUT2D eigenvalue weighted by molar-refractivity contribution is -0.153. The molecule has 1 N–H and O–H groups in total. The van der Waals surface area contributed by atoms with E-state index in [-0.39, 0.29) is 5.97 Å². The Bertz CT molecular complexity index is 730. The molecule has 0 spiro atoms. The van der Waals surface area contributed by atoms with Gasteiger partial charge in [-0.1, -0.05) is 18.2 Å². The molecule has 5 heteroatoms. The Kier molecular flexibility index (Phi) is 4.40. The fourth-order valence-electron chi connectivity index (χ4n) is 3.24. The van der Waals surface area contributed by atoms with Gasteiger partial charge in [-0.2, -0.15) is 0 Å². The molecule has 2 heterocycles. The minimum atomic E-state index is -1.51. The van der Waals surface area contributed by atoms with Gasteiger partial charge in [-0.05, 0) is 49.9 Å². The first-order valence-electron chi connectivity index (χ1n) is 7.88. The van der Waals surface area contributed by atoms with E-state index in [0.29, 0.717) is 17.7 Å². The number of rotatable bonds is 4. The van der Waals surface area contributed by atoms with Crippen molar-refractivity contribution in [1.29, 1.82) is 0 Å². The average molecular weight is 343 g/mol. The van der Waals surface area contributed by atoms with Gasteiger partial charge in [0.1, 0.15) is 11.2 Å². The second kappa shape index (κ2) is 6.22. The predicted molar refractivity (Wildman–Crippen MR) is 93.7 cm³/mol. The van der Waals surface area contributed by atoms with Gasteiger partial charge in [-0.15, -0.1) is 11.8 Å². The van der Waals surface area contributed by atoms with Crippen LogP contribution in [0.25, 0.3) is 0 Å². The zero-order chi connectivity index (χ0) is 17.4. The molecule has 0 radical (unpaired) electrons. The van der Waals surface area contributed by atoms with Crippen LogP contribution < -0.4 is 0 Å². The number of hydrogen-bond donors (Lipinski definition) is 1. The summed E-state index contributed by atoms with van der Waals surface area (Å²) in [5.74, 6) is -1.08. The number of nitrogens with zero attached hydrogens (tertiary/aromatic N) is 1. The quantitative estimate of drug-likeness (QED) is 0.681. The molecular weight excluding hydrogens is 322 g/mol. The van der Waals surface area contributed by atoms with Crippen LogP contribution in [0.1, 0.15) is 31.5 Å². The Labute approximate surface area is 146 Å². The summed E-state index contributed by atoms with van der Waals surface area (Å²) >= 11 is 1.63. The molecule has 1 saturated heterocycles. The van der Waals surface area contributed by atoms with Crippen molar-refractivity contribution < 1.29 is 14.6 Å². The maximum atomic E-state index is 12.5. The smallest absolute Gasteiger partial charge is 0.313 e. The highest BCUT2D eigenvalue weighted by molar-refractivity contribution is 7.98. The van der Waals surface area contributed by atoms with E-state index in [9.17, 15) is 9.90 Å². The summed E-state index contributed by atoms with van der Waals surface area (Å²) in [6, 6.07) is 13.0. The van der Waals surface area contributed by atoms with Crippen LogP contribution in [0.2, 0.25) is 0 Å². The first-order valence-corrected chi connectivity index (χ1v) is 9.10. The molecular formula is C19H21NO3S. The Morgan fingerprint density at radius 2 is 1.96 bits per heavy atom. The first-order chi connectivity index (χ1) is 11.4. The molecule has 0 amide bonds. The summed E-state index contributed by atoms with van der Waals surface area (Å²) in [5, 5.41) is 11.6. The highest BCUT2D eigenvalue weighted by Crippen LogP contribution is 2.45. The summed E-state index contributed by atoms with van der Waals surface area (Å²) in [6.45, 7) is 3.72. The van der Waals surface area contributed by atoms with Gasteiger partial charge in [0, 0.05) is 17.5 Å². The summed E-state index contributed by atoms with van der Waals surface area (Å²) in [6.07, 6.45) is 4.06. The SMILES string of the molecule is CSc1ccc(C(O)(c2ccccn2)C2CC(C)(C)OC2=O)cc1. The molecule has 1 aromatic carbocycles. The molecule has 1 aliphatic rings. The monoisotopic (exact) mass is 343 g/mol. The van der Waals surface area contributed by atoms with Crippen molar-refractivity contribution in [3.05, 3.63) is 59.9 Å². The van der Waals surface area contributed by atoms with Crippen LogP contribution in [0.15, 0.2) is 53.6 Å². The molecule has 2 unspecified atom stereocenters. The van der Waals surface area contributed by atoms with E-state index in [1.165, 1.54) is 0 Å². The lowest BCUT2D eigenvalue weighted by atomic mass is 9.75. The molecule has 126 valence electrons. The molecule has 1 fully saturated rings. The topological polar surface area (TPSA) is 59.4 Å². The number of cyclic esters (lactones) is 1. The maximum absolute atomic E-state index is 12.5. The number of aliphatic hydroxyl groups is 1. The molecule has 1 aromatic heterocycles. The van der Waals surface area contributed by atoms with Crippen LogP contribution in [0.5, 0.6) is 0 Å². The molecule has 2 aromatic rings. The Balaban J connectivity index is 2.12. The number of ether oxygens (including phenoxy) is 1. The van der Waals surface area contributed by atoms with Crippen molar-refractivity contribution in [3.8, 4) is 0 Å². The fraction of sp³-hybridized carbons (Fsp3) is 0.368. The molecule has 2 atom stereocenters. The van der Waals surface area contributed by atoms with Crippen LogP contribution in [-0.4, -0.2) is 27.9 Å². The van der Waals surface area contributed by atoms with Gasteiger partial charge in [-0.25, -0.2) is 0 Å². The van der Waals surface area contributed by atoms with E-state index in [1.54, 1.807) is 30.1 Å². The summed E-state index contributed by atoms with van der Waals surface area (Å²) in [7, 11) is 0. The molecule has 4 nitrogen and oxygen atoms in total. The largest absolute Gasteiger partial charge is 0.459 e. The summed E-state index contributed by atoms with van der Waals surface area (Å²) < 4.78 is 5.46. The average Bonchev–Trinajstić information content (AvgIpc) is 2.88. The summed E-state index contributed by atoms with van der Waals surface area (Å²) in [5.41, 5.74) is -0.993. The lowest BCUT2D eigenvalue weighted by Crippen LogP contribution is -2.40. The van der Waals surface area contributed by atoms with E-state index in [1.807, 2.05) is 50.4 Å². The Morgan fingerprint density at radius 1 is 1.25 bits per heavy atom. The molecule has 24 heavy (non-hydrogen) atoms. The van der Waals surface area contributed by atoms with Gasteiger partial charge in [0.25, 0.3) is 0 Å². The number of carbonyl (C=O) groups is 1. The minimum Gasteiger partial charge on any atom is -0.459 e.